The van der Waals surface area contributed by atoms with Gasteiger partial charge in [0.15, 0.2) is 0 Å². The van der Waals surface area contributed by atoms with Crippen molar-refractivity contribution in [2.45, 2.75) is 16.8 Å². The van der Waals surface area contributed by atoms with Gasteiger partial charge in [-0.2, -0.15) is 5.26 Å². The van der Waals surface area contributed by atoms with Gasteiger partial charge in [0.2, 0.25) is 10.0 Å². The number of nitriles is 1. The fraction of sp³-hybridized carbons (Fsp3) is 0.100. The summed E-state index contributed by atoms with van der Waals surface area (Å²) in [7, 11) is -3.81. The Balaban J connectivity index is 2.23. The number of pyridine rings is 1. The van der Waals surface area contributed by atoms with Crippen LogP contribution in [0.15, 0.2) is 64.5 Å². The molecule has 3 aromatic rings. The summed E-state index contributed by atoms with van der Waals surface area (Å²) in [5.41, 5.74) is 3.00. The third-order valence-corrected chi connectivity index (χ3v) is 5.80. The molecule has 5 nitrogen and oxygen atoms in total. The quantitative estimate of drug-likeness (QED) is 0.633. The van der Waals surface area contributed by atoms with Crippen molar-refractivity contribution in [2.24, 2.45) is 5.14 Å². The highest BCUT2D eigenvalue weighted by molar-refractivity contribution is 7.99. The SMILES string of the molecule is CCSc1nc(-c2ccc(F)cc2)c(-c2ccc(S(N)(=O)=O)cc2)cc1C#N. The Hall–Kier alpha value is -2.73. The molecule has 0 saturated heterocycles. The Morgan fingerprint density at radius 3 is 2.25 bits per heavy atom. The Morgan fingerprint density at radius 2 is 1.71 bits per heavy atom. The number of aromatic nitrogens is 1. The van der Waals surface area contributed by atoms with E-state index in [-0.39, 0.29) is 10.7 Å². The molecule has 28 heavy (non-hydrogen) atoms. The summed E-state index contributed by atoms with van der Waals surface area (Å²) < 4.78 is 36.4. The van der Waals surface area contributed by atoms with Crippen molar-refractivity contribution in [3.05, 3.63) is 66.0 Å². The van der Waals surface area contributed by atoms with E-state index in [0.29, 0.717) is 33.0 Å². The molecule has 0 radical (unpaired) electrons. The number of benzene rings is 2. The second-order valence-corrected chi connectivity index (χ2v) is 8.67. The third-order valence-electron chi connectivity index (χ3n) is 4.00. The lowest BCUT2D eigenvalue weighted by Gasteiger charge is -2.13. The molecule has 0 spiro atoms. The van der Waals surface area contributed by atoms with Crippen LogP contribution < -0.4 is 5.14 Å². The van der Waals surface area contributed by atoms with Gasteiger partial charge in [-0.05, 0) is 53.8 Å². The van der Waals surface area contributed by atoms with E-state index in [1.54, 1.807) is 30.3 Å². The molecule has 0 bridgehead atoms. The number of hydrogen-bond donors (Lipinski definition) is 1. The highest BCUT2D eigenvalue weighted by atomic mass is 32.2. The van der Waals surface area contributed by atoms with Gasteiger partial charge in [-0.25, -0.2) is 22.9 Å². The van der Waals surface area contributed by atoms with Crippen LogP contribution in [0.1, 0.15) is 12.5 Å². The van der Waals surface area contributed by atoms with Gasteiger partial charge in [-0.1, -0.05) is 19.1 Å². The predicted octanol–water partition coefficient (Wildman–Crippen LogP) is 4.19. The molecular weight excluding hydrogens is 397 g/mol. The van der Waals surface area contributed by atoms with Gasteiger partial charge in [-0.3, -0.25) is 0 Å². The Labute approximate surface area is 167 Å². The van der Waals surface area contributed by atoms with Crippen molar-refractivity contribution in [3.63, 3.8) is 0 Å². The van der Waals surface area contributed by atoms with E-state index in [1.165, 1.54) is 36.0 Å². The first-order valence-electron chi connectivity index (χ1n) is 8.30. The number of thioether (sulfide) groups is 1. The van der Waals surface area contributed by atoms with Crippen molar-refractivity contribution in [1.29, 1.82) is 5.26 Å². The van der Waals surface area contributed by atoms with E-state index in [2.05, 4.69) is 11.1 Å². The van der Waals surface area contributed by atoms with Crippen LogP contribution in [-0.4, -0.2) is 19.2 Å². The topological polar surface area (TPSA) is 96.8 Å². The van der Waals surface area contributed by atoms with Crippen LogP contribution in [-0.2, 0) is 10.0 Å². The Kier molecular flexibility index (Phi) is 5.79. The van der Waals surface area contributed by atoms with Crippen LogP contribution in [0.25, 0.3) is 22.4 Å². The van der Waals surface area contributed by atoms with Crippen LogP contribution >= 0.6 is 11.8 Å². The molecule has 2 aromatic carbocycles. The van der Waals surface area contributed by atoms with Crippen molar-refractivity contribution in [1.82, 2.24) is 4.98 Å². The lowest BCUT2D eigenvalue weighted by molar-refractivity contribution is 0.598. The van der Waals surface area contributed by atoms with Crippen molar-refractivity contribution in [2.75, 3.05) is 5.75 Å². The zero-order chi connectivity index (χ0) is 20.3. The van der Waals surface area contributed by atoms with E-state index >= 15 is 0 Å². The van der Waals surface area contributed by atoms with E-state index in [1.807, 2.05) is 6.92 Å². The van der Waals surface area contributed by atoms with Gasteiger partial charge in [0.1, 0.15) is 16.9 Å². The number of halogens is 1. The number of rotatable bonds is 5. The van der Waals surface area contributed by atoms with Crippen LogP contribution in [0.4, 0.5) is 4.39 Å². The first-order chi connectivity index (χ1) is 13.3. The molecule has 3 rings (SSSR count). The Morgan fingerprint density at radius 1 is 1.11 bits per heavy atom. The maximum atomic E-state index is 13.4. The van der Waals surface area contributed by atoms with Crippen molar-refractivity contribution >= 4 is 21.8 Å². The van der Waals surface area contributed by atoms with Gasteiger partial charge >= 0.3 is 0 Å². The van der Waals surface area contributed by atoms with Crippen LogP contribution in [0.5, 0.6) is 0 Å². The molecule has 0 aliphatic rings. The van der Waals surface area contributed by atoms with Crippen LogP contribution in [0.2, 0.25) is 0 Å². The molecule has 0 fully saturated rings. The van der Waals surface area contributed by atoms with Gasteiger partial charge in [0.25, 0.3) is 0 Å². The highest BCUT2D eigenvalue weighted by Crippen LogP contribution is 2.35. The zero-order valence-corrected chi connectivity index (χ0v) is 16.5. The van der Waals surface area contributed by atoms with E-state index in [0.717, 1.165) is 5.75 Å². The molecular formula is C20H16FN3O2S2. The maximum Gasteiger partial charge on any atom is 0.238 e. The number of nitrogens with zero attached hydrogens (tertiary/aromatic N) is 2. The third kappa shape index (κ3) is 4.22. The Bertz CT molecular complexity index is 1150. The fourth-order valence-corrected chi connectivity index (χ4v) is 3.90. The summed E-state index contributed by atoms with van der Waals surface area (Å²) in [6, 6.07) is 15.8. The average molecular weight is 413 g/mol. The summed E-state index contributed by atoms with van der Waals surface area (Å²) in [5, 5.41) is 15.3. The molecule has 0 saturated carbocycles. The van der Waals surface area contributed by atoms with Gasteiger partial charge < -0.3 is 0 Å². The number of primary sulfonamides is 1. The standard InChI is InChI=1S/C20H16FN3O2S2/c1-2-27-20-15(12-22)11-18(13-5-9-17(10-6-13)28(23,25)26)19(24-20)14-3-7-16(21)8-4-14/h3-11H,2H2,1H3,(H2,23,25,26). The lowest BCUT2D eigenvalue weighted by atomic mass is 9.98. The molecule has 0 unspecified atom stereocenters. The average Bonchev–Trinajstić information content (AvgIpc) is 2.68. The second-order valence-electron chi connectivity index (χ2n) is 5.86. The summed E-state index contributed by atoms with van der Waals surface area (Å²) in [4.78, 5) is 4.65. The minimum absolute atomic E-state index is 0.00814. The second kappa shape index (κ2) is 8.10. The molecule has 0 amide bonds. The molecule has 1 aromatic heterocycles. The molecule has 0 atom stereocenters. The largest absolute Gasteiger partial charge is 0.239 e. The lowest BCUT2D eigenvalue weighted by Crippen LogP contribution is -2.11. The summed E-state index contributed by atoms with van der Waals surface area (Å²) in [5.74, 6) is 0.382. The number of nitrogens with two attached hydrogens (primary N) is 1. The molecule has 1 heterocycles. The minimum Gasteiger partial charge on any atom is -0.239 e. The zero-order valence-electron chi connectivity index (χ0n) is 14.9. The van der Waals surface area contributed by atoms with Gasteiger partial charge in [0.05, 0.1) is 16.2 Å². The normalized spacial score (nSPS) is 11.2. The van der Waals surface area contributed by atoms with Gasteiger partial charge in [-0.15, -0.1) is 11.8 Å². The monoisotopic (exact) mass is 413 g/mol. The molecule has 0 aliphatic carbocycles. The number of sulfonamides is 1. The summed E-state index contributed by atoms with van der Waals surface area (Å²) in [6.45, 7) is 1.96. The highest BCUT2D eigenvalue weighted by Gasteiger charge is 2.16. The van der Waals surface area contributed by atoms with E-state index in [9.17, 15) is 18.1 Å². The summed E-state index contributed by atoms with van der Waals surface area (Å²) >= 11 is 1.44. The minimum atomic E-state index is -3.81. The first kappa shape index (κ1) is 20.0. The van der Waals surface area contributed by atoms with Crippen LogP contribution in [0.3, 0.4) is 0 Å². The van der Waals surface area contributed by atoms with Crippen molar-refractivity contribution < 1.29 is 12.8 Å². The van der Waals surface area contributed by atoms with E-state index in [4.69, 9.17) is 5.14 Å². The van der Waals surface area contributed by atoms with Crippen LogP contribution in [0, 0.1) is 17.1 Å². The molecule has 0 aliphatic heterocycles. The number of hydrogen-bond acceptors (Lipinski definition) is 5. The van der Waals surface area contributed by atoms with Crippen molar-refractivity contribution in [3.8, 4) is 28.5 Å². The molecule has 8 heteroatoms. The summed E-state index contributed by atoms with van der Waals surface area (Å²) in [6.07, 6.45) is 0. The van der Waals surface area contributed by atoms with E-state index < -0.39 is 10.0 Å². The molecule has 2 N–H and O–H groups in total. The fourth-order valence-electron chi connectivity index (χ4n) is 2.70. The van der Waals surface area contributed by atoms with Gasteiger partial charge in [0, 0.05) is 11.1 Å². The first-order valence-corrected chi connectivity index (χ1v) is 10.8. The smallest absolute Gasteiger partial charge is 0.238 e. The maximum absolute atomic E-state index is 13.4. The molecule has 142 valence electrons. The predicted molar refractivity (Wildman–Crippen MR) is 108 cm³/mol.